The van der Waals surface area contributed by atoms with Gasteiger partial charge < -0.3 is 0 Å². The Labute approximate surface area is 161 Å². The van der Waals surface area contributed by atoms with Crippen molar-refractivity contribution >= 4 is 55.0 Å². The van der Waals surface area contributed by atoms with Gasteiger partial charge in [0.05, 0.1) is 0 Å². The van der Waals surface area contributed by atoms with E-state index in [0.717, 1.165) is 11.8 Å². The van der Waals surface area contributed by atoms with Gasteiger partial charge in [0.1, 0.15) is 0 Å². The van der Waals surface area contributed by atoms with E-state index < -0.39 is 7.26 Å². The van der Waals surface area contributed by atoms with Crippen LogP contribution in [0.5, 0.6) is 0 Å². The van der Waals surface area contributed by atoms with E-state index in [1.54, 1.807) is 0 Å². The molecule has 0 aromatic heterocycles. The maximum absolute atomic E-state index is 4.10. The van der Waals surface area contributed by atoms with Crippen molar-refractivity contribution in [3.05, 3.63) is 91.0 Å². The molecule has 3 aromatic carbocycles. The average Bonchev–Trinajstić information content (AvgIpc) is 2.65. The Morgan fingerprint density at radius 1 is 0.625 bits per heavy atom. The summed E-state index contributed by atoms with van der Waals surface area (Å²) < 4.78 is 0.413. The van der Waals surface area contributed by atoms with Crippen molar-refractivity contribution in [3.63, 3.8) is 0 Å². The molecular formula is C21H21Br2P. The van der Waals surface area contributed by atoms with Gasteiger partial charge in [-0.05, 0) is 0 Å². The molecule has 3 heteroatoms. The summed E-state index contributed by atoms with van der Waals surface area (Å²) in [7, 11) is -2.16. The van der Waals surface area contributed by atoms with Crippen LogP contribution in [0.4, 0.5) is 0 Å². The summed E-state index contributed by atoms with van der Waals surface area (Å²) in [5.74, 6) is 0. The molecule has 0 bridgehead atoms. The van der Waals surface area contributed by atoms with Crippen LogP contribution in [0.3, 0.4) is 0 Å². The molecule has 24 heavy (non-hydrogen) atoms. The zero-order valence-corrected chi connectivity index (χ0v) is 17.6. The summed E-state index contributed by atoms with van der Waals surface area (Å²) in [5.41, 5.74) is 0. The molecule has 0 N–H and O–H groups in total. The van der Waals surface area contributed by atoms with Crippen LogP contribution in [0.25, 0.3) is 0 Å². The topological polar surface area (TPSA) is 0 Å². The maximum atomic E-state index is 4.10. The van der Waals surface area contributed by atoms with Gasteiger partial charge in [-0.1, -0.05) is 0 Å². The summed E-state index contributed by atoms with van der Waals surface area (Å²) in [5, 5.41) is 5.34. The van der Waals surface area contributed by atoms with Crippen molar-refractivity contribution in [1.29, 1.82) is 0 Å². The monoisotopic (exact) mass is 462 g/mol. The van der Waals surface area contributed by atoms with Crippen molar-refractivity contribution in [2.45, 2.75) is 11.0 Å². The Balaban J connectivity index is 2.33. The third-order valence-electron chi connectivity index (χ3n) is 4.52. The SMILES string of the molecule is BrCCC(Br)[PH](c1ccccc1)(c1ccccc1)c1ccccc1. The van der Waals surface area contributed by atoms with Crippen molar-refractivity contribution in [2.75, 3.05) is 5.33 Å². The van der Waals surface area contributed by atoms with E-state index in [1.165, 1.54) is 15.9 Å². The number of hydrogen-bond acceptors (Lipinski definition) is 0. The van der Waals surface area contributed by atoms with Gasteiger partial charge in [0.2, 0.25) is 0 Å². The van der Waals surface area contributed by atoms with Gasteiger partial charge in [-0.3, -0.25) is 0 Å². The molecule has 0 aliphatic rings. The van der Waals surface area contributed by atoms with Crippen LogP contribution in [0.15, 0.2) is 91.0 Å². The van der Waals surface area contributed by atoms with Gasteiger partial charge in [-0.25, -0.2) is 0 Å². The van der Waals surface area contributed by atoms with Crippen LogP contribution >= 0.6 is 39.1 Å². The zero-order valence-electron chi connectivity index (χ0n) is 13.4. The minimum atomic E-state index is -2.16. The first-order valence-corrected chi connectivity index (χ1v) is 12.3. The molecule has 0 radical (unpaired) electrons. The van der Waals surface area contributed by atoms with Gasteiger partial charge in [0.15, 0.2) is 0 Å². The summed E-state index contributed by atoms with van der Waals surface area (Å²) in [4.78, 5) is 0. The molecule has 0 amide bonds. The molecule has 0 spiro atoms. The van der Waals surface area contributed by atoms with Crippen molar-refractivity contribution in [1.82, 2.24) is 0 Å². The summed E-state index contributed by atoms with van der Waals surface area (Å²) >= 11 is 7.76. The quantitative estimate of drug-likeness (QED) is 0.347. The average molecular weight is 464 g/mol. The van der Waals surface area contributed by atoms with Gasteiger partial charge in [-0.15, -0.1) is 0 Å². The first-order chi connectivity index (χ1) is 11.8. The Kier molecular flexibility index (Phi) is 6.27. The Hall–Kier alpha value is -0.950. The van der Waals surface area contributed by atoms with Crippen molar-refractivity contribution < 1.29 is 0 Å². The minimum absolute atomic E-state index is 0.413. The number of benzene rings is 3. The van der Waals surface area contributed by atoms with Gasteiger partial charge >= 0.3 is 162 Å². The van der Waals surface area contributed by atoms with Crippen LogP contribution in [-0.2, 0) is 0 Å². The molecule has 0 heterocycles. The van der Waals surface area contributed by atoms with E-state index in [-0.39, 0.29) is 0 Å². The molecule has 0 aliphatic heterocycles. The van der Waals surface area contributed by atoms with E-state index >= 15 is 0 Å². The predicted octanol–water partition coefficient (Wildman–Crippen LogP) is 5.22. The van der Waals surface area contributed by atoms with Crippen molar-refractivity contribution in [2.24, 2.45) is 0 Å². The number of hydrogen-bond donors (Lipinski definition) is 0. The molecule has 3 aromatic rings. The van der Waals surface area contributed by atoms with E-state index in [4.69, 9.17) is 0 Å². The van der Waals surface area contributed by atoms with Crippen LogP contribution < -0.4 is 15.9 Å². The third-order valence-corrected chi connectivity index (χ3v) is 12.5. The second kappa shape index (κ2) is 8.43. The van der Waals surface area contributed by atoms with E-state index in [9.17, 15) is 0 Å². The molecule has 0 saturated heterocycles. The van der Waals surface area contributed by atoms with E-state index in [0.29, 0.717) is 4.57 Å². The molecule has 0 fully saturated rings. The zero-order chi connectivity index (χ0) is 16.8. The molecular weight excluding hydrogens is 443 g/mol. The van der Waals surface area contributed by atoms with E-state index in [1.807, 2.05) is 0 Å². The summed E-state index contributed by atoms with van der Waals surface area (Å²) in [6.07, 6.45) is 1.09. The van der Waals surface area contributed by atoms with Crippen LogP contribution in [-0.4, -0.2) is 9.90 Å². The molecule has 0 nitrogen and oxygen atoms in total. The van der Waals surface area contributed by atoms with Gasteiger partial charge in [0.25, 0.3) is 0 Å². The predicted molar refractivity (Wildman–Crippen MR) is 118 cm³/mol. The van der Waals surface area contributed by atoms with Crippen LogP contribution in [0.2, 0.25) is 0 Å². The second-order valence-corrected chi connectivity index (χ2v) is 12.6. The fourth-order valence-electron chi connectivity index (χ4n) is 3.46. The van der Waals surface area contributed by atoms with Gasteiger partial charge in [0, 0.05) is 0 Å². The fraction of sp³-hybridized carbons (Fsp3) is 0.143. The Bertz CT molecular complexity index is 648. The molecule has 3 rings (SSSR count). The molecule has 0 aliphatic carbocycles. The normalized spacial score (nSPS) is 13.4. The number of rotatable bonds is 6. The first-order valence-electron chi connectivity index (χ1n) is 8.16. The van der Waals surface area contributed by atoms with Crippen molar-refractivity contribution in [3.8, 4) is 0 Å². The number of alkyl halides is 2. The Morgan fingerprint density at radius 3 is 1.25 bits per heavy atom. The van der Waals surface area contributed by atoms with Gasteiger partial charge in [-0.2, -0.15) is 0 Å². The second-order valence-electron chi connectivity index (χ2n) is 5.85. The third kappa shape index (κ3) is 3.38. The molecule has 1 unspecified atom stereocenters. The standard InChI is InChI=1S/C21H21Br2P/c22-17-16-21(23)24(18-10-4-1-5-11-18,19-12-6-2-7-13-19)20-14-8-3-9-15-20/h1-15,21,24H,16-17H2. The molecule has 0 saturated carbocycles. The molecule has 1 atom stereocenters. The van der Waals surface area contributed by atoms with E-state index in [2.05, 4.69) is 123 Å². The van der Waals surface area contributed by atoms with Crippen LogP contribution in [0.1, 0.15) is 6.42 Å². The number of halogens is 2. The summed E-state index contributed by atoms with van der Waals surface area (Å²) in [6, 6.07) is 33.1. The summed E-state index contributed by atoms with van der Waals surface area (Å²) in [6.45, 7) is 0. The van der Waals surface area contributed by atoms with Crippen LogP contribution in [0, 0.1) is 0 Å². The molecule has 124 valence electrons. The first kappa shape index (κ1) is 17.9. The Morgan fingerprint density at radius 2 is 0.958 bits per heavy atom. The fourth-order valence-corrected chi connectivity index (χ4v) is 12.4.